The van der Waals surface area contributed by atoms with Gasteiger partial charge in [-0.3, -0.25) is 9.59 Å². The summed E-state index contributed by atoms with van der Waals surface area (Å²) in [5, 5.41) is 4.63. The van der Waals surface area contributed by atoms with E-state index in [0.29, 0.717) is 23.6 Å². The summed E-state index contributed by atoms with van der Waals surface area (Å²) in [6.45, 7) is 4.22. The Morgan fingerprint density at radius 2 is 1.87 bits per heavy atom. The molecule has 0 atom stereocenters. The maximum Gasteiger partial charge on any atom is 0.260 e. The average molecular weight is 407 g/mol. The third-order valence-electron chi connectivity index (χ3n) is 4.94. The molecule has 0 bridgehead atoms. The minimum Gasteiger partial charge on any atom is -0.493 e. The third kappa shape index (κ3) is 4.51. The second kappa shape index (κ2) is 9.26. The Kier molecular flexibility index (Phi) is 6.51. The van der Waals surface area contributed by atoms with Crippen molar-refractivity contribution < 1.29 is 19.1 Å². The normalized spacial score (nSPS) is 10.5. The molecule has 0 saturated heterocycles. The first kappa shape index (κ1) is 21.1. The molecule has 1 heterocycles. The highest BCUT2D eigenvalue weighted by molar-refractivity contribution is 5.78. The maximum absolute atomic E-state index is 12.6. The van der Waals surface area contributed by atoms with E-state index in [1.54, 1.807) is 30.1 Å². The van der Waals surface area contributed by atoms with Crippen molar-refractivity contribution in [3.8, 4) is 17.2 Å². The lowest BCUT2D eigenvalue weighted by atomic mass is 10.2. The molecular formula is C23H25N3O4. The molecule has 1 amide bonds. The van der Waals surface area contributed by atoms with Crippen LogP contribution >= 0.6 is 0 Å². The fraction of sp³-hybridized carbons (Fsp3) is 0.261. The highest BCUT2D eigenvalue weighted by atomic mass is 16.5. The van der Waals surface area contributed by atoms with Crippen molar-refractivity contribution in [1.82, 2.24) is 14.7 Å². The van der Waals surface area contributed by atoms with Crippen molar-refractivity contribution in [2.75, 3.05) is 20.8 Å². The van der Waals surface area contributed by atoms with Crippen molar-refractivity contribution in [2.24, 2.45) is 0 Å². The monoisotopic (exact) mass is 407 g/mol. The number of carbonyl (C=O) groups excluding carboxylic acids is 2. The van der Waals surface area contributed by atoms with Gasteiger partial charge in [0.05, 0.1) is 18.5 Å². The van der Waals surface area contributed by atoms with E-state index in [0.717, 1.165) is 28.9 Å². The van der Waals surface area contributed by atoms with Gasteiger partial charge >= 0.3 is 0 Å². The van der Waals surface area contributed by atoms with Crippen molar-refractivity contribution in [2.45, 2.75) is 20.4 Å². The van der Waals surface area contributed by atoms with Gasteiger partial charge in [0.15, 0.2) is 18.1 Å². The van der Waals surface area contributed by atoms with Gasteiger partial charge in [0.25, 0.3) is 5.91 Å². The number of para-hydroxylation sites is 1. The first-order valence-electron chi connectivity index (χ1n) is 9.55. The first-order chi connectivity index (χ1) is 14.4. The first-order valence-corrected chi connectivity index (χ1v) is 9.55. The Morgan fingerprint density at radius 1 is 1.13 bits per heavy atom. The van der Waals surface area contributed by atoms with Gasteiger partial charge in [0.2, 0.25) is 0 Å². The van der Waals surface area contributed by atoms with Crippen LogP contribution in [0.1, 0.15) is 27.3 Å². The molecule has 7 heteroatoms. The molecule has 0 spiro atoms. The Labute approximate surface area is 175 Å². The molecule has 0 fully saturated rings. The summed E-state index contributed by atoms with van der Waals surface area (Å²) in [4.78, 5) is 25.1. The zero-order valence-corrected chi connectivity index (χ0v) is 17.6. The highest BCUT2D eigenvalue weighted by Gasteiger charge is 2.18. The number of methoxy groups -OCH3 is 1. The molecule has 0 aliphatic carbocycles. The van der Waals surface area contributed by atoms with Gasteiger partial charge in [-0.05, 0) is 44.2 Å². The van der Waals surface area contributed by atoms with Crippen LogP contribution in [0.15, 0.2) is 48.5 Å². The Balaban J connectivity index is 1.68. The molecule has 7 nitrogen and oxygen atoms in total. The molecule has 1 aromatic heterocycles. The molecule has 156 valence electrons. The van der Waals surface area contributed by atoms with Crippen LogP contribution in [0.5, 0.6) is 11.5 Å². The van der Waals surface area contributed by atoms with E-state index < -0.39 is 0 Å². The van der Waals surface area contributed by atoms with E-state index in [-0.39, 0.29) is 12.5 Å². The minimum absolute atomic E-state index is 0.141. The second-order valence-corrected chi connectivity index (χ2v) is 6.96. The van der Waals surface area contributed by atoms with Crippen LogP contribution in [0, 0.1) is 13.8 Å². The maximum atomic E-state index is 12.6. The SMILES string of the molecule is COc1cc(C=O)ccc1OCC(=O)N(C)Cc1c(C)nn(-c2ccccc2)c1C. The van der Waals surface area contributed by atoms with E-state index in [1.807, 2.05) is 48.9 Å². The molecule has 3 rings (SSSR count). The van der Waals surface area contributed by atoms with Crippen molar-refractivity contribution >= 4 is 12.2 Å². The zero-order chi connectivity index (χ0) is 21.7. The van der Waals surface area contributed by atoms with E-state index in [1.165, 1.54) is 7.11 Å². The number of likely N-dealkylation sites (N-methyl/N-ethyl adjacent to an activating group) is 1. The Hall–Kier alpha value is -3.61. The smallest absolute Gasteiger partial charge is 0.260 e. The Morgan fingerprint density at radius 3 is 2.53 bits per heavy atom. The molecule has 0 N–H and O–H groups in total. The molecule has 0 aliphatic heterocycles. The molecule has 3 aromatic rings. The number of aromatic nitrogens is 2. The fourth-order valence-electron chi connectivity index (χ4n) is 3.18. The predicted octanol–water partition coefficient (Wildman–Crippen LogP) is 3.35. The largest absolute Gasteiger partial charge is 0.493 e. The summed E-state index contributed by atoms with van der Waals surface area (Å²) in [6.07, 6.45) is 0.728. The van der Waals surface area contributed by atoms with Crippen molar-refractivity contribution in [1.29, 1.82) is 0 Å². The van der Waals surface area contributed by atoms with Gasteiger partial charge in [0.1, 0.15) is 6.29 Å². The van der Waals surface area contributed by atoms with E-state index in [9.17, 15) is 9.59 Å². The number of ether oxygens (including phenoxy) is 2. The van der Waals surface area contributed by atoms with E-state index >= 15 is 0 Å². The lowest BCUT2D eigenvalue weighted by Gasteiger charge is -2.18. The van der Waals surface area contributed by atoms with Gasteiger partial charge in [-0.15, -0.1) is 0 Å². The van der Waals surface area contributed by atoms with Crippen LogP contribution in [0.4, 0.5) is 0 Å². The molecule has 30 heavy (non-hydrogen) atoms. The highest BCUT2D eigenvalue weighted by Crippen LogP contribution is 2.27. The summed E-state index contributed by atoms with van der Waals surface area (Å²) in [5.41, 5.74) is 4.33. The minimum atomic E-state index is -0.178. The standard InChI is InChI=1S/C23H25N3O4/c1-16-20(17(2)26(24-16)19-8-6-5-7-9-19)13-25(3)23(28)15-30-21-11-10-18(14-27)12-22(21)29-4/h5-12,14H,13,15H2,1-4H3. The van der Waals surface area contributed by atoms with E-state index in [4.69, 9.17) is 9.47 Å². The topological polar surface area (TPSA) is 73.7 Å². The number of amides is 1. The quantitative estimate of drug-likeness (QED) is 0.536. The van der Waals surface area contributed by atoms with Gasteiger partial charge < -0.3 is 14.4 Å². The van der Waals surface area contributed by atoms with Crippen LogP contribution < -0.4 is 9.47 Å². The molecule has 0 radical (unpaired) electrons. The number of aldehydes is 1. The lowest BCUT2D eigenvalue weighted by molar-refractivity contribution is -0.132. The second-order valence-electron chi connectivity index (χ2n) is 6.96. The number of benzene rings is 2. The van der Waals surface area contributed by atoms with Crippen LogP contribution in [0.3, 0.4) is 0 Å². The number of rotatable bonds is 8. The molecule has 0 aliphatic rings. The number of aryl methyl sites for hydroxylation is 1. The van der Waals surface area contributed by atoms with Crippen LogP contribution in [-0.4, -0.2) is 47.6 Å². The number of hydrogen-bond donors (Lipinski definition) is 0. The van der Waals surface area contributed by atoms with Crippen molar-refractivity contribution in [3.63, 3.8) is 0 Å². The number of nitrogens with zero attached hydrogens (tertiary/aromatic N) is 3. The molecule has 0 unspecified atom stereocenters. The molecular weight excluding hydrogens is 382 g/mol. The number of carbonyl (C=O) groups is 2. The van der Waals surface area contributed by atoms with Crippen molar-refractivity contribution in [3.05, 3.63) is 71.0 Å². The summed E-state index contributed by atoms with van der Waals surface area (Å²) in [5.74, 6) is 0.641. The van der Waals surface area contributed by atoms with Gasteiger partial charge in [-0.1, -0.05) is 18.2 Å². The number of hydrogen-bond acceptors (Lipinski definition) is 5. The Bertz CT molecular complexity index is 1040. The van der Waals surface area contributed by atoms with Gasteiger partial charge in [-0.25, -0.2) is 4.68 Å². The van der Waals surface area contributed by atoms with Gasteiger partial charge in [0, 0.05) is 30.4 Å². The summed E-state index contributed by atoms with van der Waals surface area (Å²) in [6, 6.07) is 14.7. The fourth-order valence-corrected chi connectivity index (χ4v) is 3.18. The molecule has 2 aromatic carbocycles. The van der Waals surface area contributed by atoms with Gasteiger partial charge in [-0.2, -0.15) is 5.10 Å². The van der Waals surface area contributed by atoms with E-state index in [2.05, 4.69) is 5.10 Å². The zero-order valence-electron chi connectivity index (χ0n) is 17.6. The lowest BCUT2D eigenvalue weighted by Crippen LogP contribution is -2.31. The van der Waals surface area contributed by atoms with Crippen LogP contribution in [0.2, 0.25) is 0 Å². The van der Waals surface area contributed by atoms with Crippen LogP contribution in [0.25, 0.3) is 5.69 Å². The van der Waals surface area contributed by atoms with Crippen LogP contribution in [-0.2, 0) is 11.3 Å². The summed E-state index contributed by atoms with van der Waals surface area (Å²) < 4.78 is 12.8. The summed E-state index contributed by atoms with van der Waals surface area (Å²) >= 11 is 0. The third-order valence-corrected chi connectivity index (χ3v) is 4.94. The average Bonchev–Trinajstić information content (AvgIpc) is 3.06. The predicted molar refractivity (Wildman–Crippen MR) is 113 cm³/mol. The summed E-state index contributed by atoms with van der Waals surface area (Å²) in [7, 11) is 3.22. The molecule has 0 saturated carbocycles.